The Kier molecular flexibility index (Phi) is 7.75. The number of thioether (sulfide) groups is 1. The number of ether oxygens (including phenoxy) is 1. The molecular weight excluding hydrogens is 374 g/mol. The van der Waals surface area contributed by atoms with Crippen molar-refractivity contribution in [2.24, 2.45) is 0 Å². The Bertz CT molecular complexity index is 877. The molecular formula is C21H25N3O3S. The molecule has 1 amide bonds. The van der Waals surface area contributed by atoms with Crippen molar-refractivity contribution in [1.29, 1.82) is 0 Å². The third-order valence-corrected chi connectivity index (χ3v) is 4.56. The van der Waals surface area contributed by atoms with Crippen molar-refractivity contribution in [1.82, 2.24) is 9.97 Å². The maximum Gasteiger partial charge on any atom is 0.330 e. The predicted octanol–water partition coefficient (Wildman–Crippen LogP) is 4.46. The highest BCUT2D eigenvalue weighted by Crippen LogP contribution is 2.24. The van der Waals surface area contributed by atoms with Gasteiger partial charge in [-0.3, -0.25) is 4.79 Å². The highest BCUT2D eigenvalue weighted by molar-refractivity contribution is 7.98. The molecule has 6 nitrogen and oxygen atoms in total. The second-order valence-corrected chi connectivity index (χ2v) is 7.16. The molecule has 0 aliphatic rings. The molecule has 0 bridgehead atoms. The summed E-state index contributed by atoms with van der Waals surface area (Å²) in [5.74, 6) is 0.296. The standard InChI is InChI=1S/C21H25N3O3S/c1-6-27-17(25)12-9-15-7-10-16(11-8-15)23-20(26)18-14(4)22-19(13(2)3)24-21(18)28-5/h7-13H,6H2,1-5H3,(H,23,26). The Morgan fingerprint density at radius 1 is 1.21 bits per heavy atom. The first-order valence-electron chi connectivity index (χ1n) is 9.04. The van der Waals surface area contributed by atoms with Gasteiger partial charge in [0.15, 0.2) is 0 Å². The molecule has 0 atom stereocenters. The molecule has 0 saturated heterocycles. The van der Waals surface area contributed by atoms with Crippen LogP contribution >= 0.6 is 11.8 Å². The normalized spacial score (nSPS) is 11.1. The lowest BCUT2D eigenvalue weighted by atomic mass is 10.1. The van der Waals surface area contributed by atoms with E-state index in [-0.39, 0.29) is 17.8 Å². The van der Waals surface area contributed by atoms with E-state index >= 15 is 0 Å². The summed E-state index contributed by atoms with van der Waals surface area (Å²) in [5, 5.41) is 3.56. The second kappa shape index (κ2) is 10.0. The van der Waals surface area contributed by atoms with Crippen LogP contribution in [-0.2, 0) is 9.53 Å². The molecule has 0 spiro atoms. The van der Waals surface area contributed by atoms with E-state index in [1.807, 2.05) is 39.2 Å². The van der Waals surface area contributed by atoms with Gasteiger partial charge in [0, 0.05) is 17.7 Å². The van der Waals surface area contributed by atoms with Crippen LogP contribution < -0.4 is 5.32 Å². The van der Waals surface area contributed by atoms with Crippen molar-refractivity contribution in [3.8, 4) is 0 Å². The van der Waals surface area contributed by atoms with Crippen LogP contribution in [0.1, 0.15) is 54.1 Å². The molecule has 2 rings (SSSR count). The maximum absolute atomic E-state index is 12.8. The van der Waals surface area contributed by atoms with Gasteiger partial charge in [0.05, 0.1) is 17.9 Å². The molecule has 1 heterocycles. The Morgan fingerprint density at radius 2 is 1.89 bits per heavy atom. The Morgan fingerprint density at radius 3 is 2.46 bits per heavy atom. The average Bonchev–Trinajstić information content (AvgIpc) is 2.66. The summed E-state index contributed by atoms with van der Waals surface area (Å²) < 4.78 is 4.85. The number of hydrogen-bond acceptors (Lipinski definition) is 6. The minimum Gasteiger partial charge on any atom is -0.463 e. The molecule has 0 unspecified atom stereocenters. The minimum atomic E-state index is -0.384. The summed E-state index contributed by atoms with van der Waals surface area (Å²) in [4.78, 5) is 33.2. The fraction of sp³-hybridized carbons (Fsp3) is 0.333. The van der Waals surface area contributed by atoms with Crippen LogP contribution in [0.25, 0.3) is 6.08 Å². The van der Waals surface area contributed by atoms with Gasteiger partial charge in [-0.2, -0.15) is 0 Å². The highest BCUT2D eigenvalue weighted by Gasteiger charge is 2.19. The number of benzene rings is 1. The van der Waals surface area contributed by atoms with Gasteiger partial charge >= 0.3 is 5.97 Å². The molecule has 1 aromatic carbocycles. The quantitative estimate of drug-likeness (QED) is 0.320. The molecule has 0 fully saturated rings. The zero-order valence-electron chi connectivity index (χ0n) is 16.8. The molecule has 0 radical (unpaired) electrons. The molecule has 28 heavy (non-hydrogen) atoms. The molecule has 0 saturated carbocycles. The maximum atomic E-state index is 12.8. The van der Waals surface area contributed by atoms with Crippen molar-refractivity contribution in [2.45, 2.75) is 38.6 Å². The first kappa shape index (κ1) is 21.6. The second-order valence-electron chi connectivity index (χ2n) is 6.37. The van der Waals surface area contributed by atoms with E-state index in [9.17, 15) is 9.59 Å². The summed E-state index contributed by atoms with van der Waals surface area (Å²) in [6.45, 7) is 7.97. The number of carbonyl (C=O) groups is 2. The van der Waals surface area contributed by atoms with Crippen LogP contribution in [0.15, 0.2) is 35.4 Å². The van der Waals surface area contributed by atoms with Crippen molar-refractivity contribution in [2.75, 3.05) is 18.2 Å². The lowest BCUT2D eigenvalue weighted by Gasteiger charge is -2.13. The number of rotatable bonds is 7. The van der Waals surface area contributed by atoms with Crippen LogP contribution in [-0.4, -0.2) is 34.7 Å². The number of nitrogens with zero attached hydrogens (tertiary/aromatic N) is 2. The molecule has 2 aromatic rings. The molecule has 148 valence electrons. The van der Waals surface area contributed by atoms with Gasteiger partial charge in [0.1, 0.15) is 10.9 Å². The van der Waals surface area contributed by atoms with Gasteiger partial charge in [0.2, 0.25) is 0 Å². The van der Waals surface area contributed by atoms with Gasteiger partial charge in [-0.25, -0.2) is 14.8 Å². The average molecular weight is 400 g/mol. The number of carbonyl (C=O) groups excluding carboxylic acids is 2. The zero-order chi connectivity index (χ0) is 20.7. The summed E-state index contributed by atoms with van der Waals surface area (Å²) in [6, 6.07) is 7.18. The third-order valence-electron chi connectivity index (χ3n) is 3.88. The Labute approximate surface area is 169 Å². The largest absolute Gasteiger partial charge is 0.463 e. The van der Waals surface area contributed by atoms with E-state index < -0.39 is 0 Å². The van der Waals surface area contributed by atoms with Crippen molar-refractivity contribution < 1.29 is 14.3 Å². The van der Waals surface area contributed by atoms with E-state index in [1.165, 1.54) is 17.8 Å². The number of amides is 1. The summed E-state index contributed by atoms with van der Waals surface area (Å²) >= 11 is 1.43. The SMILES string of the molecule is CCOC(=O)C=Cc1ccc(NC(=O)c2c(C)nc(C(C)C)nc2SC)cc1. The molecule has 0 aliphatic heterocycles. The smallest absolute Gasteiger partial charge is 0.330 e. The van der Waals surface area contributed by atoms with E-state index in [0.717, 1.165) is 11.4 Å². The van der Waals surface area contributed by atoms with E-state index in [0.29, 0.717) is 28.6 Å². The predicted molar refractivity (Wildman–Crippen MR) is 113 cm³/mol. The van der Waals surface area contributed by atoms with Crippen LogP contribution in [0.2, 0.25) is 0 Å². The van der Waals surface area contributed by atoms with Crippen LogP contribution in [0.3, 0.4) is 0 Å². The number of esters is 1. The summed E-state index contributed by atoms with van der Waals surface area (Å²) in [6.07, 6.45) is 4.93. The fourth-order valence-corrected chi connectivity index (χ4v) is 3.09. The minimum absolute atomic E-state index is 0.192. The number of aromatic nitrogens is 2. The topological polar surface area (TPSA) is 81.2 Å². The Balaban J connectivity index is 2.16. The van der Waals surface area contributed by atoms with E-state index in [1.54, 1.807) is 25.1 Å². The lowest BCUT2D eigenvalue weighted by molar-refractivity contribution is -0.137. The number of nitrogens with one attached hydrogen (secondary N) is 1. The van der Waals surface area contributed by atoms with Gasteiger partial charge in [-0.05, 0) is 43.9 Å². The lowest BCUT2D eigenvalue weighted by Crippen LogP contribution is -2.17. The molecule has 1 aromatic heterocycles. The first-order valence-corrected chi connectivity index (χ1v) is 10.3. The Hall–Kier alpha value is -2.67. The van der Waals surface area contributed by atoms with Crippen molar-refractivity contribution >= 4 is 35.4 Å². The van der Waals surface area contributed by atoms with Gasteiger partial charge in [-0.1, -0.05) is 26.0 Å². The number of anilines is 1. The van der Waals surface area contributed by atoms with Crippen LogP contribution in [0.4, 0.5) is 5.69 Å². The molecule has 0 aliphatic carbocycles. The van der Waals surface area contributed by atoms with Gasteiger partial charge in [0.25, 0.3) is 5.91 Å². The van der Waals surface area contributed by atoms with Crippen molar-refractivity contribution in [3.05, 3.63) is 53.0 Å². The number of hydrogen-bond donors (Lipinski definition) is 1. The van der Waals surface area contributed by atoms with Gasteiger partial charge in [-0.15, -0.1) is 11.8 Å². The zero-order valence-corrected chi connectivity index (χ0v) is 17.6. The molecule has 1 N–H and O–H groups in total. The van der Waals surface area contributed by atoms with Crippen LogP contribution in [0.5, 0.6) is 0 Å². The monoisotopic (exact) mass is 399 g/mol. The fourth-order valence-electron chi connectivity index (χ4n) is 2.46. The third kappa shape index (κ3) is 5.66. The highest BCUT2D eigenvalue weighted by atomic mass is 32.2. The summed E-state index contributed by atoms with van der Waals surface area (Å²) in [7, 11) is 0. The van der Waals surface area contributed by atoms with Crippen molar-refractivity contribution in [3.63, 3.8) is 0 Å². The summed E-state index contributed by atoms with van der Waals surface area (Å²) in [5.41, 5.74) is 2.63. The number of aryl methyl sites for hydroxylation is 1. The molecule has 7 heteroatoms. The van der Waals surface area contributed by atoms with E-state index in [2.05, 4.69) is 15.3 Å². The van der Waals surface area contributed by atoms with Gasteiger partial charge < -0.3 is 10.1 Å². The first-order chi connectivity index (χ1) is 13.3. The van der Waals surface area contributed by atoms with E-state index in [4.69, 9.17) is 4.74 Å². The van der Waals surface area contributed by atoms with Crippen LogP contribution in [0, 0.1) is 6.92 Å².